The van der Waals surface area contributed by atoms with E-state index in [4.69, 9.17) is 4.74 Å². The second-order valence-electron chi connectivity index (χ2n) is 6.73. The molecule has 1 unspecified atom stereocenters. The third-order valence-corrected chi connectivity index (χ3v) is 4.64. The Labute approximate surface area is 166 Å². The van der Waals surface area contributed by atoms with Gasteiger partial charge in [-0.25, -0.2) is 9.07 Å². The Kier molecular flexibility index (Phi) is 5.93. The van der Waals surface area contributed by atoms with Gasteiger partial charge in [-0.3, -0.25) is 0 Å². The van der Waals surface area contributed by atoms with Crippen molar-refractivity contribution in [2.45, 2.75) is 32.1 Å². The fourth-order valence-corrected chi connectivity index (χ4v) is 3.05. The van der Waals surface area contributed by atoms with Crippen molar-refractivity contribution in [3.05, 3.63) is 77.2 Å². The highest BCUT2D eigenvalue weighted by atomic mass is 19.4. The van der Waals surface area contributed by atoms with Crippen molar-refractivity contribution in [2.75, 3.05) is 7.11 Å². The fourth-order valence-electron chi connectivity index (χ4n) is 3.05. The monoisotopic (exact) mass is 407 g/mol. The standard InChI is InChI=1S/C21H21F4N3O/c1-13(15-5-4-6-17(22)11-15)26-14(2)19-12-20(29-3)28(27-19)18-9-7-16(8-10-18)21(23,24)25/h4-14,26H,1-3H3/t13-,14?/m1/s1. The van der Waals surface area contributed by atoms with E-state index in [-0.39, 0.29) is 17.9 Å². The molecule has 0 bridgehead atoms. The topological polar surface area (TPSA) is 39.1 Å². The number of nitrogens with one attached hydrogen (secondary N) is 1. The smallest absolute Gasteiger partial charge is 0.416 e. The van der Waals surface area contributed by atoms with Gasteiger partial charge in [0.15, 0.2) is 0 Å². The molecule has 0 spiro atoms. The van der Waals surface area contributed by atoms with Gasteiger partial charge in [-0.2, -0.15) is 18.3 Å². The van der Waals surface area contributed by atoms with E-state index in [1.165, 1.54) is 36.1 Å². The predicted octanol–water partition coefficient (Wildman–Crippen LogP) is 5.45. The zero-order chi connectivity index (χ0) is 21.2. The van der Waals surface area contributed by atoms with Crippen molar-refractivity contribution in [1.82, 2.24) is 15.1 Å². The largest absolute Gasteiger partial charge is 0.481 e. The van der Waals surface area contributed by atoms with Gasteiger partial charge >= 0.3 is 6.18 Å². The Morgan fingerprint density at radius 1 is 1.00 bits per heavy atom. The molecule has 3 rings (SSSR count). The van der Waals surface area contributed by atoms with Crippen molar-refractivity contribution in [3.63, 3.8) is 0 Å². The summed E-state index contributed by atoms with van der Waals surface area (Å²) < 4.78 is 58.6. The third kappa shape index (κ3) is 4.76. The molecule has 0 radical (unpaired) electrons. The Bertz CT molecular complexity index is 967. The summed E-state index contributed by atoms with van der Waals surface area (Å²) in [5.74, 6) is 0.0869. The minimum atomic E-state index is -4.40. The molecule has 1 N–H and O–H groups in total. The van der Waals surface area contributed by atoms with Gasteiger partial charge < -0.3 is 10.1 Å². The van der Waals surface area contributed by atoms with E-state index in [1.807, 2.05) is 19.9 Å². The van der Waals surface area contributed by atoms with E-state index in [1.54, 1.807) is 12.1 Å². The van der Waals surface area contributed by atoms with Crippen LogP contribution < -0.4 is 10.1 Å². The number of hydrogen-bond acceptors (Lipinski definition) is 3. The van der Waals surface area contributed by atoms with E-state index in [2.05, 4.69) is 10.4 Å². The third-order valence-electron chi connectivity index (χ3n) is 4.64. The Hall–Kier alpha value is -2.87. The quantitative estimate of drug-likeness (QED) is 0.552. The average Bonchev–Trinajstić information content (AvgIpc) is 3.12. The van der Waals surface area contributed by atoms with Crippen molar-refractivity contribution < 1.29 is 22.3 Å². The van der Waals surface area contributed by atoms with Gasteiger partial charge in [-0.1, -0.05) is 12.1 Å². The van der Waals surface area contributed by atoms with Gasteiger partial charge in [0.25, 0.3) is 0 Å². The summed E-state index contributed by atoms with van der Waals surface area (Å²) in [5.41, 5.74) is 1.16. The lowest BCUT2D eigenvalue weighted by molar-refractivity contribution is -0.137. The van der Waals surface area contributed by atoms with Crippen LogP contribution in [-0.2, 0) is 6.18 Å². The SMILES string of the molecule is COc1cc(C(C)N[C@H](C)c2cccc(F)c2)nn1-c1ccc(C(F)(F)F)cc1. The molecule has 0 fully saturated rings. The second-order valence-corrected chi connectivity index (χ2v) is 6.73. The van der Waals surface area contributed by atoms with Crippen LogP contribution in [0.4, 0.5) is 17.6 Å². The number of alkyl halides is 3. The maximum atomic E-state index is 13.4. The van der Waals surface area contributed by atoms with E-state index in [0.717, 1.165) is 17.7 Å². The first-order chi connectivity index (χ1) is 13.7. The summed E-state index contributed by atoms with van der Waals surface area (Å²) in [6, 6.07) is 12.4. The summed E-state index contributed by atoms with van der Waals surface area (Å²) >= 11 is 0. The van der Waals surface area contributed by atoms with Gasteiger partial charge in [0.1, 0.15) is 5.82 Å². The van der Waals surface area contributed by atoms with Crippen molar-refractivity contribution in [3.8, 4) is 11.6 Å². The minimum absolute atomic E-state index is 0.136. The lowest BCUT2D eigenvalue weighted by atomic mass is 10.1. The number of aromatic nitrogens is 2. The zero-order valence-corrected chi connectivity index (χ0v) is 16.2. The van der Waals surface area contributed by atoms with Crippen LogP contribution in [0, 0.1) is 5.82 Å². The molecular formula is C21H21F4N3O. The van der Waals surface area contributed by atoms with Gasteiger partial charge in [0.05, 0.1) is 24.1 Å². The molecule has 154 valence electrons. The zero-order valence-electron chi connectivity index (χ0n) is 16.2. The van der Waals surface area contributed by atoms with E-state index in [0.29, 0.717) is 17.3 Å². The Morgan fingerprint density at radius 2 is 1.69 bits per heavy atom. The molecule has 1 aromatic heterocycles. The van der Waals surface area contributed by atoms with Crippen LogP contribution >= 0.6 is 0 Å². The lowest BCUT2D eigenvalue weighted by Gasteiger charge is -2.19. The van der Waals surface area contributed by atoms with Gasteiger partial charge in [0.2, 0.25) is 5.88 Å². The molecule has 0 aliphatic heterocycles. The summed E-state index contributed by atoms with van der Waals surface area (Å²) in [6.07, 6.45) is -4.40. The molecule has 0 saturated carbocycles. The van der Waals surface area contributed by atoms with Crippen LogP contribution in [0.3, 0.4) is 0 Å². The Morgan fingerprint density at radius 3 is 2.28 bits per heavy atom. The fraction of sp³-hybridized carbons (Fsp3) is 0.286. The highest BCUT2D eigenvalue weighted by Crippen LogP contribution is 2.31. The summed E-state index contributed by atoms with van der Waals surface area (Å²) in [6.45, 7) is 3.81. The van der Waals surface area contributed by atoms with Crippen molar-refractivity contribution in [2.24, 2.45) is 0 Å². The highest BCUT2D eigenvalue weighted by molar-refractivity contribution is 5.39. The van der Waals surface area contributed by atoms with E-state index in [9.17, 15) is 17.6 Å². The molecule has 8 heteroatoms. The van der Waals surface area contributed by atoms with Gasteiger partial charge in [-0.15, -0.1) is 0 Å². The van der Waals surface area contributed by atoms with Crippen molar-refractivity contribution >= 4 is 0 Å². The molecule has 2 atom stereocenters. The van der Waals surface area contributed by atoms with Crippen LogP contribution in [0.15, 0.2) is 54.6 Å². The molecule has 29 heavy (non-hydrogen) atoms. The van der Waals surface area contributed by atoms with Crippen LogP contribution in [-0.4, -0.2) is 16.9 Å². The van der Waals surface area contributed by atoms with Gasteiger partial charge in [-0.05, 0) is 55.8 Å². The maximum absolute atomic E-state index is 13.4. The summed E-state index contributed by atoms with van der Waals surface area (Å²) in [4.78, 5) is 0. The number of ether oxygens (including phenoxy) is 1. The number of rotatable bonds is 6. The molecular weight excluding hydrogens is 386 g/mol. The first-order valence-corrected chi connectivity index (χ1v) is 9.02. The minimum Gasteiger partial charge on any atom is -0.481 e. The van der Waals surface area contributed by atoms with Gasteiger partial charge in [0, 0.05) is 18.2 Å². The first-order valence-electron chi connectivity index (χ1n) is 9.02. The lowest BCUT2D eigenvalue weighted by Crippen LogP contribution is -2.23. The highest BCUT2D eigenvalue weighted by Gasteiger charge is 2.30. The number of nitrogens with zero attached hydrogens (tertiary/aromatic N) is 2. The molecule has 3 aromatic rings. The van der Waals surface area contributed by atoms with E-state index < -0.39 is 11.7 Å². The van der Waals surface area contributed by atoms with Crippen LogP contribution in [0.5, 0.6) is 5.88 Å². The first kappa shape index (κ1) is 20.9. The number of hydrogen-bond donors (Lipinski definition) is 1. The summed E-state index contributed by atoms with van der Waals surface area (Å²) in [5, 5.41) is 7.82. The molecule has 4 nitrogen and oxygen atoms in total. The second kappa shape index (κ2) is 8.24. The normalized spacial score (nSPS) is 13.9. The Balaban J connectivity index is 1.82. The molecule has 0 amide bonds. The molecule has 0 aliphatic rings. The van der Waals surface area contributed by atoms with Crippen LogP contribution in [0.25, 0.3) is 5.69 Å². The van der Waals surface area contributed by atoms with Crippen molar-refractivity contribution in [1.29, 1.82) is 0 Å². The van der Waals surface area contributed by atoms with Crippen LogP contribution in [0.2, 0.25) is 0 Å². The average molecular weight is 407 g/mol. The van der Waals surface area contributed by atoms with E-state index >= 15 is 0 Å². The molecule has 0 saturated heterocycles. The number of benzene rings is 2. The molecule has 1 heterocycles. The number of halogens is 4. The van der Waals surface area contributed by atoms with Crippen LogP contribution in [0.1, 0.15) is 42.8 Å². The molecule has 0 aliphatic carbocycles. The maximum Gasteiger partial charge on any atom is 0.416 e. The number of methoxy groups -OCH3 is 1. The molecule has 2 aromatic carbocycles. The summed E-state index contributed by atoms with van der Waals surface area (Å²) in [7, 11) is 1.47. The predicted molar refractivity (Wildman–Crippen MR) is 101 cm³/mol.